The molecule has 0 aromatic carbocycles. The van der Waals surface area contributed by atoms with Gasteiger partial charge < -0.3 is 30.0 Å². The Morgan fingerprint density at radius 2 is 1.76 bits per heavy atom. The maximum atomic E-state index is 12.6. The van der Waals surface area contributed by atoms with Gasteiger partial charge in [-0.25, -0.2) is 0 Å². The van der Waals surface area contributed by atoms with Crippen LogP contribution in [0.3, 0.4) is 0 Å². The minimum Gasteiger partial charge on any atom is -0.473 e. The summed E-state index contributed by atoms with van der Waals surface area (Å²) in [6, 6.07) is 1.45. The molecular formula is C15H27N4O5P. The third-order valence-corrected chi connectivity index (χ3v) is 4.45. The summed E-state index contributed by atoms with van der Waals surface area (Å²) in [6.45, 7) is 11.2. The lowest BCUT2D eigenvalue weighted by Gasteiger charge is -2.22. The first kappa shape index (κ1) is 21.4. The second-order valence-corrected chi connectivity index (χ2v) is 7.83. The van der Waals surface area contributed by atoms with Gasteiger partial charge in [-0.3, -0.25) is 4.57 Å². The molecule has 0 saturated carbocycles. The van der Waals surface area contributed by atoms with Gasteiger partial charge in [-0.15, -0.1) is 0 Å². The molecule has 0 saturated heterocycles. The maximum Gasteiger partial charge on any atom is 0.356 e. The molecule has 0 unspecified atom stereocenters. The molecule has 1 rings (SSSR count). The van der Waals surface area contributed by atoms with Gasteiger partial charge in [0.25, 0.3) is 0 Å². The van der Waals surface area contributed by atoms with Gasteiger partial charge in [-0.2, -0.15) is 9.97 Å². The van der Waals surface area contributed by atoms with Crippen LogP contribution in [0.5, 0.6) is 5.88 Å². The molecule has 142 valence electrons. The molecule has 0 aliphatic rings. The molecular weight excluding hydrogens is 347 g/mol. The highest BCUT2D eigenvalue weighted by Gasteiger charge is 2.28. The van der Waals surface area contributed by atoms with E-state index in [1.54, 1.807) is 27.7 Å². The van der Waals surface area contributed by atoms with E-state index >= 15 is 0 Å². The Kier molecular flexibility index (Phi) is 8.31. The highest BCUT2D eigenvalue weighted by molar-refractivity contribution is 7.53. The van der Waals surface area contributed by atoms with Gasteiger partial charge in [-0.05, 0) is 33.3 Å². The summed E-state index contributed by atoms with van der Waals surface area (Å²) in [4.78, 5) is 7.63. The minimum absolute atomic E-state index is 0.0227. The summed E-state index contributed by atoms with van der Waals surface area (Å²) >= 11 is 0. The summed E-state index contributed by atoms with van der Waals surface area (Å²) in [6.07, 6.45) is -0.655. The predicted molar refractivity (Wildman–Crippen MR) is 96.4 cm³/mol. The van der Waals surface area contributed by atoms with Gasteiger partial charge in [0.1, 0.15) is 18.8 Å². The Bertz CT molecular complexity index is 590. The summed E-state index contributed by atoms with van der Waals surface area (Å²) in [5.41, 5.74) is 11.6. The predicted octanol–water partition coefficient (Wildman–Crippen LogP) is 2.59. The third-order valence-electron chi connectivity index (χ3n) is 2.46. The zero-order chi connectivity index (χ0) is 19.0. The number of nitrogens with two attached hydrogens (primary N) is 2. The van der Waals surface area contributed by atoms with E-state index < -0.39 is 7.60 Å². The zero-order valence-electron chi connectivity index (χ0n) is 15.1. The molecule has 1 aromatic heterocycles. The van der Waals surface area contributed by atoms with E-state index in [1.165, 1.54) is 6.07 Å². The first-order chi connectivity index (χ1) is 11.6. The Morgan fingerprint density at radius 3 is 2.28 bits per heavy atom. The van der Waals surface area contributed by atoms with Gasteiger partial charge >= 0.3 is 7.60 Å². The van der Waals surface area contributed by atoms with Crippen molar-refractivity contribution in [2.24, 2.45) is 0 Å². The van der Waals surface area contributed by atoms with Crippen molar-refractivity contribution in [3.8, 4) is 5.88 Å². The lowest BCUT2D eigenvalue weighted by atomic mass is 10.3. The van der Waals surface area contributed by atoms with Gasteiger partial charge in [0.15, 0.2) is 0 Å². The van der Waals surface area contributed by atoms with Crippen molar-refractivity contribution in [2.75, 3.05) is 31.0 Å². The molecule has 0 fully saturated rings. The fraction of sp³-hybridized carbons (Fsp3) is 0.600. The van der Waals surface area contributed by atoms with Crippen LogP contribution in [0.4, 0.5) is 11.8 Å². The van der Waals surface area contributed by atoms with Crippen molar-refractivity contribution in [2.45, 2.75) is 39.9 Å². The molecule has 0 aliphatic carbocycles. The molecule has 10 heteroatoms. The highest BCUT2D eigenvalue weighted by atomic mass is 31.2. The SMILES string of the molecule is C=C(COCP(=O)(OC(C)C)OC(C)C)COc1cc(N)nc(N)n1. The van der Waals surface area contributed by atoms with E-state index in [1.807, 2.05) is 0 Å². The van der Waals surface area contributed by atoms with Crippen LogP contribution in [0, 0.1) is 0 Å². The minimum atomic E-state index is -3.34. The number of anilines is 2. The number of hydrogen-bond donors (Lipinski definition) is 2. The van der Waals surface area contributed by atoms with Crippen LogP contribution in [0.2, 0.25) is 0 Å². The maximum absolute atomic E-state index is 12.6. The number of nitrogens with zero attached hydrogens (tertiary/aromatic N) is 2. The molecule has 0 radical (unpaired) electrons. The van der Waals surface area contributed by atoms with E-state index in [0.717, 1.165) is 0 Å². The molecule has 25 heavy (non-hydrogen) atoms. The lowest BCUT2D eigenvalue weighted by molar-refractivity contribution is 0.104. The monoisotopic (exact) mass is 374 g/mol. The van der Waals surface area contributed by atoms with E-state index in [2.05, 4.69) is 16.5 Å². The second kappa shape index (κ2) is 9.72. The van der Waals surface area contributed by atoms with Crippen LogP contribution < -0.4 is 16.2 Å². The average Bonchev–Trinajstić information content (AvgIpc) is 2.42. The second-order valence-electron chi connectivity index (χ2n) is 5.92. The van der Waals surface area contributed by atoms with Gasteiger partial charge in [-0.1, -0.05) is 6.58 Å². The number of nitrogen functional groups attached to an aromatic ring is 2. The Hall–Kier alpha value is -1.67. The highest BCUT2D eigenvalue weighted by Crippen LogP contribution is 2.50. The molecule has 1 heterocycles. The Morgan fingerprint density at radius 1 is 1.16 bits per heavy atom. The molecule has 0 spiro atoms. The normalized spacial score (nSPS) is 11.9. The van der Waals surface area contributed by atoms with Crippen molar-refractivity contribution in [3.05, 3.63) is 18.2 Å². The molecule has 0 atom stereocenters. The van der Waals surface area contributed by atoms with Crippen LogP contribution in [0.15, 0.2) is 18.2 Å². The zero-order valence-corrected chi connectivity index (χ0v) is 16.0. The summed E-state index contributed by atoms with van der Waals surface area (Å²) < 4.78 is 34.2. The van der Waals surface area contributed by atoms with E-state index in [9.17, 15) is 4.57 Å². The standard InChI is InChI=1S/C15H27N4O5P/c1-10(2)23-25(20,24-11(3)4)9-21-7-12(5)8-22-14-6-13(16)18-15(17)19-14/h6,10-11H,5,7-9H2,1-4H3,(H4,16,17,18,19). The first-order valence-electron chi connectivity index (χ1n) is 7.82. The van der Waals surface area contributed by atoms with E-state index in [4.69, 9.17) is 30.0 Å². The van der Waals surface area contributed by atoms with Crippen molar-refractivity contribution in [1.29, 1.82) is 0 Å². The van der Waals surface area contributed by atoms with Crippen LogP contribution in [0.25, 0.3) is 0 Å². The summed E-state index contributed by atoms with van der Waals surface area (Å²) in [5.74, 6) is 0.472. The average molecular weight is 374 g/mol. The van der Waals surface area contributed by atoms with E-state index in [0.29, 0.717) is 5.57 Å². The first-order valence-corrected chi connectivity index (χ1v) is 9.55. The van der Waals surface area contributed by atoms with Gasteiger partial charge in [0, 0.05) is 6.07 Å². The molecule has 0 bridgehead atoms. The molecule has 0 amide bonds. The summed E-state index contributed by atoms with van der Waals surface area (Å²) in [7, 11) is -3.34. The molecule has 1 aromatic rings. The Balaban J connectivity index is 2.45. The van der Waals surface area contributed by atoms with Crippen LogP contribution >= 0.6 is 7.60 Å². The molecule has 4 N–H and O–H groups in total. The fourth-order valence-corrected chi connectivity index (χ4v) is 3.55. The number of ether oxygens (including phenoxy) is 2. The smallest absolute Gasteiger partial charge is 0.356 e. The van der Waals surface area contributed by atoms with Crippen LogP contribution in [-0.2, 0) is 18.3 Å². The third kappa shape index (κ3) is 8.83. The molecule has 9 nitrogen and oxygen atoms in total. The number of rotatable bonds is 11. The lowest BCUT2D eigenvalue weighted by Crippen LogP contribution is -2.14. The van der Waals surface area contributed by atoms with Crippen molar-refractivity contribution >= 4 is 19.4 Å². The van der Waals surface area contributed by atoms with Crippen molar-refractivity contribution in [3.63, 3.8) is 0 Å². The fourth-order valence-electron chi connectivity index (χ4n) is 1.78. The van der Waals surface area contributed by atoms with Gasteiger partial charge in [0.2, 0.25) is 11.8 Å². The van der Waals surface area contributed by atoms with Crippen LogP contribution in [0.1, 0.15) is 27.7 Å². The van der Waals surface area contributed by atoms with Gasteiger partial charge in [0.05, 0.1) is 18.8 Å². The van der Waals surface area contributed by atoms with Crippen LogP contribution in [-0.4, -0.2) is 41.7 Å². The number of hydrogen-bond acceptors (Lipinski definition) is 9. The topological polar surface area (TPSA) is 132 Å². The largest absolute Gasteiger partial charge is 0.473 e. The summed E-state index contributed by atoms with van der Waals surface area (Å²) in [5, 5.41) is 0. The quantitative estimate of drug-likeness (QED) is 0.443. The molecule has 0 aliphatic heterocycles. The van der Waals surface area contributed by atoms with Crippen molar-refractivity contribution < 1.29 is 23.1 Å². The van der Waals surface area contributed by atoms with E-state index in [-0.39, 0.29) is 49.4 Å². The van der Waals surface area contributed by atoms with Crippen molar-refractivity contribution in [1.82, 2.24) is 9.97 Å². The Labute approximate surface area is 148 Å². The number of aromatic nitrogens is 2.